The van der Waals surface area contributed by atoms with Crippen LogP contribution in [0.25, 0.3) is 0 Å². The van der Waals surface area contributed by atoms with Gasteiger partial charge in [-0.25, -0.2) is 0 Å². The minimum absolute atomic E-state index is 0.431. The van der Waals surface area contributed by atoms with Crippen molar-refractivity contribution in [1.29, 1.82) is 5.26 Å². The number of nitriles is 1. The molecule has 0 radical (unpaired) electrons. The van der Waals surface area contributed by atoms with E-state index in [1.807, 2.05) is 19.2 Å². The first kappa shape index (κ1) is 11.5. The van der Waals surface area contributed by atoms with Crippen molar-refractivity contribution in [3.63, 3.8) is 0 Å². The van der Waals surface area contributed by atoms with Gasteiger partial charge in [0.2, 0.25) is 0 Å². The minimum Gasteiger partial charge on any atom is -0.338 e. The van der Waals surface area contributed by atoms with Crippen LogP contribution in [0.2, 0.25) is 5.02 Å². The fraction of sp³-hybridized carbons (Fsp3) is 0.167. The van der Waals surface area contributed by atoms with Gasteiger partial charge in [0.1, 0.15) is 6.07 Å². The van der Waals surface area contributed by atoms with Crippen LogP contribution in [0, 0.1) is 11.3 Å². The highest BCUT2D eigenvalue weighted by atomic mass is 35.5. The number of benzene rings is 1. The Bertz CT molecular complexity index is 568. The summed E-state index contributed by atoms with van der Waals surface area (Å²) in [6.07, 6.45) is 1.87. The highest BCUT2D eigenvalue weighted by molar-refractivity contribution is 6.32. The molecular formula is C12H11ClN4. The Morgan fingerprint density at radius 1 is 1.47 bits per heavy atom. The van der Waals surface area contributed by atoms with E-state index in [1.165, 1.54) is 0 Å². The molecule has 17 heavy (non-hydrogen) atoms. The topological polar surface area (TPSA) is 53.6 Å². The zero-order valence-corrected chi connectivity index (χ0v) is 10.1. The van der Waals surface area contributed by atoms with Crippen molar-refractivity contribution in [2.24, 2.45) is 0 Å². The first-order valence-corrected chi connectivity index (χ1v) is 5.61. The lowest BCUT2D eigenvalue weighted by Gasteiger charge is -2.06. The van der Waals surface area contributed by atoms with Gasteiger partial charge in [0.15, 0.2) is 5.82 Å². The second-order valence-electron chi connectivity index (χ2n) is 3.46. The zero-order chi connectivity index (χ0) is 12.3. The maximum Gasteiger partial charge on any atom is 0.152 e. The molecule has 86 valence electrons. The highest BCUT2D eigenvalue weighted by Gasteiger charge is 2.07. The first-order valence-electron chi connectivity index (χ1n) is 5.23. The van der Waals surface area contributed by atoms with Crippen LogP contribution in [0.3, 0.4) is 0 Å². The molecule has 2 rings (SSSR count). The summed E-state index contributed by atoms with van der Waals surface area (Å²) in [7, 11) is 0. The van der Waals surface area contributed by atoms with E-state index in [0.29, 0.717) is 22.1 Å². The Hall–Kier alpha value is -1.99. The normalized spacial score (nSPS) is 9.94. The Morgan fingerprint density at radius 2 is 2.29 bits per heavy atom. The maximum absolute atomic E-state index is 9.03. The molecule has 1 N–H and O–H groups in total. The van der Waals surface area contributed by atoms with Crippen LogP contribution < -0.4 is 5.32 Å². The molecular weight excluding hydrogens is 236 g/mol. The average molecular weight is 247 g/mol. The fourth-order valence-corrected chi connectivity index (χ4v) is 1.70. The molecule has 1 aromatic heterocycles. The number of nitrogens with zero attached hydrogens (tertiary/aromatic N) is 3. The number of halogens is 1. The molecule has 0 saturated heterocycles. The number of aromatic nitrogens is 2. The smallest absolute Gasteiger partial charge is 0.152 e. The second kappa shape index (κ2) is 4.89. The van der Waals surface area contributed by atoms with Crippen LogP contribution in [-0.2, 0) is 6.54 Å². The van der Waals surface area contributed by atoms with Gasteiger partial charge in [-0.15, -0.1) is 0 Å². The van der Waals surface area contributed by atoms with Gasteiger partial charge in [0.25, 0.3) is 0 Å². The van der Waals surface area contributed by atoms with Gasteiger partial charge in [-0.1, -0.05) is 17.7 Å². The molecule has 0 saturated carbocycles. The third kappa shape index (κ3) is 2.40. The summed E-state index contributed by atoms with van der Waals surface area (Å²) in [6, 6.07) is 9.21. The standard InChI is InChI=1S/C12H11ClN4/c1-2-17-7-6-12(16-17)15-11-5-3-4-10(13)9(11)8-14/h3-7H,2H2,1H3,(H,15,16). The zero-order valence-electron chi connectivity index (χ0n) is 9.31. The summed E-state index contributed by atoms with van der Waals surface area (Å²) in [5, 5.41) is 16.8. The summed E-state index contributed by atoms with van der Waals surface area (Å²) >= 11 is 5.94. The Labute approximate surface area is 104 Å². The van der Waals surface area contributed by atoms with Gasteiger partial charge in [0.05, 0.1) is 16.3 Å². The van der Waals surface area contributed by atoms with Crippen LogP contribution in [0.15, 0.2) is 30.5 Å². The van der Waals surface area contributed by atoms with Gasteiger partial charge in [-0.05, 0) is 19.1 Å². The molecule has 0 bridgehead atoms. The molecule has 5 heteroatoms. The monoisotopic (exact) mass is 246 g/mol. The summed E-state index contributed by atoms with van der Waals surface area (Å²) in [5.74, 6) is 0.700. The molecule has 4 nitrogen and oxygen atoms in total. The number of anilines is 2. The van der Waals surface area contributed by atoms with E-state index in [4.69, 9.17) is 16.9 Å². The van der Waals surface area contributed by atoms with Crippen molar-refractivity contribution < 1.29 is 0 Å². The Kier molecular flexibility index (Phi) is 3.31. The number of nitrogens with one attached hydrogen (secondary N) is 1. The van der Waals surface area contributed by atoms with E-state index >= 15 is 0 Å². The van der Waals surface area contributed by atoms with Crippen LogP contribution >= 0.6 is 11.6 Å². The van der Waals surface area contributed by atoms with Crippen LogP contribution in [0.1, 0.15) is 12.5 Å². The van der Waals surface area contributed by atoms with Crippen LogP contribution in [-0.4, -0.2) is 9.78 Å². The third-order valence-corrected chi connectivity index (χ3v) is 2.67. The Morgan fingerprint density at radius 3 is 2.94 bits per heavy atom. The SMILES string of the molecule is CCn1ccc(Nc2cccc(Cl)c2C#N)n1. The molecule has 0 aliphatic rings. The van der Waals surface area contributed by atoms with Gasteiger partial charge in [-0.2, -0.15) is 10.4 Å². The summed E-state index contributed by atoms with van der Waals surface area (Å²) in [5.41, 5.74) is 1.10. The summed E-state index contributed by atoms with van der Waals surface area (Å²) < 4.78 is 1.80. The van der Waals surface area contributed by atoms with E-state index in [2.05, 4.69) is 16.5 Å². The third-order valence-electron chi connectivity index (χ3n) is 2.35. The fourth-order valence-electron chi connectivity index (χ4n) is 1.48. The van der Waals surface area contributed by atoms with Crippen LogP contribution in [0.5, 0.6) is 0 Å². The lowest BCUT2D eigenvalue weighted by Crippen LogP contribution is -1.98. The summed E-state index contributed by atoms with van der Waals surface area (Å²) in [4.78, 5) is 0. The quantitative estimate of drug-likeness (QED) is 0.905. The van der Waals surface area contributed by atoms with Gasteiger partial charge < -0.3 is 5.32 Å². The van der Waals surface area contributed by atoms with Crippen molar-refractivity contribution in [2.75, 3.05) is 5.32 Å². The molecule has 0 aliphatic heterocycles. The lowest BCUT2D eigenvalue weighted by atomic mass is 10.2. The van der Waals surface area contributed by atoms with Crippen molar-refractivity contribution in [2.45, 2.75) is 13.5 Å². The molecule has 0 unspecified atom stereocenters. The van der Waals surface area contributed by atoms with Crippen molar-refractivity contribution >= 4 is 23.1 Å². The van der Waals surface area contributed by atoms with Crippen molar-refractivity contribution in [3.8, 4) is 6.07 Å². The average Bonchev–Trinajstić information content (AvgIpc) is 2.77. The molecule has 0 atom stereocenters. The molecule has 1 aromatic carbocycles. The molecule has 0 aliphatic carbocycles. The van der Waals surface area contributed by atoms with Crippen LogP contribution in [0.4, 0.5) is 11.5 Å². The Balaban J connectivity index is 2.30. The molecule has 0 spiro atoms. The number of rotatable bonds is 3. The molecule has 1 heterocycles. The number of hydrogen-bond acceptors (Lipinski definition) is 3. The lowest BCUT2D eigenvalue weighted by molar-refractivity contribution is 0.662. The van der Waals surface area contributed by atoms with E-state index in [-0.39, 0.29) is 0 Å². The largest absolute Gasteiger partial charge is 0.338 e. The number of hydrogen-bond donors (Lipinski definition) is 1. The molecule has 0 fully saturated rings. The number of aryl methyl sites for hydroxylation is 1. The van der Waals surface area contributed by atoms with Crippen molar-refractivity contribution in [3.05, 3.63) is 41.0 Å². The van der Waals surface area contributed by atoms with Gasteiger partial charge >= 0.3 is 0 Å². The second-order valence-corrected chi connectivity index (χ2v) is 3.86. The van der Waals surface area contributed by atoms with E-state index in [9.17, 15) is 0 Å². The van der Waals surface area contributed by atoms with Crippen molar-refractivity contribution in [1.82, 2.24) is 9.78 Å². The predicted octanol–water partition coefficient (Wildman–Crippen LogP) is 3.17. The van der Waals surface area contributed by atoms with E-state index < -0.39 is 0 Å². The molecule has 2 aromatic rings. The highest BCUT2D eigenvalue weighted by Crippen LogP contribution is 2.25. The molecule has 0 amide bonds. The first-order chi connectivity index (χ1) is 8.24. The minimum atomic E-state index is 0.431. The van der Waals surface area contributed by atoms with E-state index in [0.717, 1.165) is 6.54 Å². The van der Waals surface area contributed by atoms with Gasteiger partial charge in [-0.3, -0.25) is 4.68 Å². The van der Waals surface area contributed by atoms with Gasteiger partial charge in [0, 0.05) is 18.8 Å². The predicted molar refractivity (Wildman–Crippen MR) is 67.4 cm³/mol. The maximum atomic E-state index is 9.03. The van der Waals surface area contributed by atoms with E-state index in [1.54, 1.807) is 22.9 Å². The summed E-state index contributed by atoms with van der Waals surface area (Å²) in [6.45, 7) is 2.82.